The molecule has 114 valence electrons. The van der Waals surface area contributed by atoms with Gasteiger partial charge in [0.25, 0.3) is 0 Å². The van der Waals surface area contributed by atoms with Crippen LogP contribution in [0.4, 0.5) is 0 Å². The van der Waals surface area contributed by atoms with Crippen molar-refractivity contribution in [2.75, 3.05) is 32.6 Å². The van der Waals surface area contributed by atoms with Crippen LogP contribution in [0.3, 0.4) is 0 Å². The molecule has 0 aromatic carbocycles. The van der Waals surface area contributed by atoms with Crippen molar-refractivity contribution in [1.29, 1.82) is 0 Å². The summed E-state index contributed by atoms with van der Waals surface area (Å²) in [6.45, 7) is 9.99. The first-order valence-corrected chi connectivity index (χ1v) is 8.44. The Labute approximate surface area is 124 Å². The zero-order valence-corrected chi connectivity index (χ0v) is 14.0. The molecule has 0 aromatic rings. The van der Waals surface area contributed by atoms with Gasteiger partial charge in [-0.1, -0.05) is 27.2 Å². The molecule has 1 fully saturated rings. The van der Waals surface area contributed by atoms with Crippen LogP contribution in [0.1, 0.15) is 46.5 Å². The van der Waals surface area contributed by atoms with Gasteiger partial charge in [-0.05, 0) is 50.6 Å². The quantitative estimate of drug-likeness (QED) is 0.626. The maximum Gasteiger partial charge on any atom is 0.0608 e. The van der Waals surface area contributed by atoms with E-state index in [1.165, 1.54) is 19.3 Å². The summed E-state index contributed by atoms with van der Waals surface area (Å²) in [5.74, 6) is 3.07. The van der Waals surface area contributed by atoms with E-state index in [1.807, 2.05) is 0 Å². The lowest BCUT2D eigenvalue weighted by Crippen LogP contribution is -2.36. The smallest absolute Gasteiger partial charge is 0.0608 e. The summed E-state index contributed by atoms with van der Waals surface area (Å²) in [6, 6.07) is 0. The minimum atomic E-state index is 0.477. The monoisotopic (exact) mass is 289 g/mol. The van der Waals surface area contributed by atoms with Gasteiger partial charge in [-0.3, -0.25) is 0 Å². The Morgan fingerprint density at radius 3 is 2.63 bits per heavy atom. The van der Waals surface area contributed by atoms with Crippen molar-refractivity contribution in [3.63, 3.8) is 0 Å². The van der Waals surface area contributed by atoms with E-state index in [2.05, 4.69) is 32.7 Å². The van der Waals surface area contributed by atoms with Gasteiger partial charge >= 0.3 is 0 Å². The number of likely N-dealkylation sites (N-methyl/N-ethyl adjacent to an activating group) is 1. The van der Waals surface area contributed by atoms with Crippen molar-refractivity contribution >= 4 is 11.6 Å². The van der Waals surface area contributed by atoms with Gasteiger partial charge in [0.1, 0.15) is 0 Å². The summed E-state index contributed by atoms with van der Waals surface area (Å²) in [4.78, 5) is 2.32. The van der Waals surface area contributed by atoms with E-state index >= 15 is 0 Å². The van der Waals surface area contributed by atoms with Crippen LogP contribution >= 0.6 is 11.6 Å². The third-order valence-corrected chi connectivity index (χ3v) is 4.71. The Morgan fingerprint density at radius 1 is 1.26 bits per heavy atom. The molecular formula is C16H32ClNO. The third-order valence-electron chi connectivity index (χ3n) is 4.44. The molecule has 0 aliphatic heterocycles. The van der Waals surface area contributed by atoms with E-state index in [-0.39, 0.29) is 0 Å². The van der Waals surface area contributed by atoms with Crippen LogP contribution in [-0.2, 0) is 4.74 Å². The fourth-order valence-electron chi connectivity index (χ4n) is 3.11. The van der Waals surface area contributed by atoms with Crippen molar-refractivity contribution in [3.05, 3.63) is 0 Å². The zero-order chi connectivity index (χ0) is 14.3. The number of halogens is 1. The van der Waals surface area contributed by atoms with Crippen molar-refractivity contribution in [1.82, 2.24) is 4.90 Å². The van der Waals surface area contributed by atoms with Crippen LogP contribution in [0.15, 0.2) is 0 Å². The van der Waals surface area contributed by atoms with Gasteiger partial charge in [0, 0.05) is 12.4 Å². The average Bonchev–Trinajstić information content (AvgIpc) is 2.36. The molecule has 1 saturated carbocycles. The second-order valence-corrected chi connectivity index (χ2v) is 6.96. The Balaban J connectivity index is 2.28. The fourth-order valence-corrected chi connectivity index (χ4v) is 3.23. The molecule has 0 heterocycles. The number of ether oxygens (including phenoxy) is 1. The van der Waals surface area contributed by atoms with Gasteiger partial charge in [0.05, 0.1) is 12.7 Å². The van der Waals surface area contributed by atoms with Crippen LogP contribution in [-0.4, -0.2) is 43.6 Å². The Morgan fingerprint density at radius 2 is 2.00 bits per heavy atom. The van der Waals surface area contributed by atoms with Crippen LogP contribution in [0.2, 0.25) is 0 Å². The SMILES string of the molecule is CC(C)[C@@H]1CC[C@@H](C)C[C@H]1OCCN(C)CCCCl. The second-order valence-electron chi connectivity index (χ2n) is 6.58. The minimum absolute atomic E-state index is 0.477. The number of hydrogen-bond acceptors (Lipinski definition) is 2. The molecule has 0 amide bonds. The summed E-state index contributed by atoms with van der Waals surface area (Å²) in [5.41, 5.74) is 0. The third kappa shape index (κ3) is 6.46. The molecule has 1 rings (SSSR count). The topological polar surface area (TPSA) is 12.5 Å². The molecule has 3 heteroatoms. The van der Waals surface area contributed by atoms with Crippen LogP contribution < -0.4 is 0 Å². The average molecular weight is 290 g/mol. The first-order chi connectivity index (χ1) is 9.04. The van der Waals surface area contributed by atoms with Crippen LogP contribution in [0, 0.1) is 17.8 Å². The highest BCUT2D eigenvalue weighted by atomic mass is 35.5. The standard InChI is InChI=1S/C16H32ClNO/c1-13(2)15-7-6-14(3)12-16(15)19-11-10-18(4)9-5-8-17/h13-16H,5-12H2,1-4H3/t14-,15+,16-/m1/s1. The van der Waals surface area contributed by atoms with Gasteiger partial charge in [-0.25, -0.2) is 0 Å². The van der Waals surface area contributed by atoms with Crippen molar-refractivity contribution in [3.8, 4) is 0 Å². The highest BCUT2D eigenvalue weighted by molar-refractivity contribution is 6.17. The van der Waals surface area contributed by atoms with Gasteiger partial charge in [0.2, 0.25) is 0 Å². The number of rotatable bonds is 8. The number of nitrogens with zero attached hydrogens (tertiary/aromatic N) is 1. The summed E-state index contributed by atoms with van der Waals surface area (Å²) < 4.78 is 6.20. The van der Waals surface area contributed by atoms with E-state index < -0.39 is 0 Å². The van der Waals surface area contributed by atoms with Gasteiger partial charge in [-0.15, -0.1) is 11.6 Å². The molecular weight excluding hydrogens is 258 g/mol. The van der Waals surface area contributed by atoms with E-state index in [0.29, 0.717) is 6.10 Å². The second kappa shape index (κ2) is 9.20. The first-order valence-electron chi connectivity index (χ1n) is 7.90. The maximum atomic E-state index is 6.20. The van der Waals surface area contributed by atoms with Crippen molar-refractivity contribution < 1.29 is 4.74 Å². The van der Waals surface area contributed by atoms with Gasteiger partial charge in [0.15, 0.2) is 0 Å². The molecule has 0 saturated heterocycles. The van der Waals surface area contributed by atoms with Gasteiger partial charge in [-0.2, -0.15) is 0 Å². The number of hydrogen-bond donors (Lipinski definition) is 0. The largest absolute Gasteiger partial charge is 0.377 e. The lowest BCUT2D eigenvalue weighted by molar-refractivity contribution is -0.0428. The Kier molecular flexibility index (Phi) is 8.36. The van der Waals surface area contributed by atoms with Crippen molar-refractivity contribution in [2.45, 2.75) is 52.6 Å². The fraction of sp³-hybridized carbons (Fsp3) is 1.00. The molecule has 0 spiro atoms. The minimum Gasteiger partial charge on any atom is -0.377 e. The summed E-state index contributed by atoms with van der Waals surface area (Å²) in [6.07, 6.45) is 5.50. The van der Waals surface area contributed by atoms with Crippen LogP contribution in [0.5, 0.6) is 0 Å². The van der Waals surface area contributed by atoms with E-state index in [4.69, 9.17) is 16.3 Å². The highest BCUT2D eigenvalue weighted by Gasteiger charge is 2.31. The molecule has 19 heavy (non-hydrogen) atoms. The maximum absolute atomic E-state index is 6.20. The normalized spacial score (nSPS) is 28.3. The van der Waals surface area contributed by atoms with Crippen LogP contribution in [0.25, 0.3) is 0 Å². The summed E-state index contributed by atoms with van der Waals surface area (Å²) in [5, 5.41) is 0. The van der Waals surface area contributed by atoms with Gasteiger partial charge < -0.3 is 9.64 Å². The Hall–Kier alpha value is 0.210. The van der Waals surface area contributed by atoms with E-state index in [0.717, 1.165) is 49.8 Å². The predicted molar refractivity (Wildman–Crippen MR) is 83.9 cm³/mol. The Bertz CT molecular complexity index is 235. The molecule has 0 unspecified atom stereocenters. The molecule has 0 N–H and O–H groups in total. The highest BCUT2D eigenvalue weighted by Crippen LogP contribution is 2.35. The first kappa shape index (κ1) is 17.3. The lowest BCUT2D eigenvalue weighted by Gasteiger charge is -2.37. The molecule has 3 atom stereocenters. The van der Waals surface area contributed by atoms with Crippen molar-refractivity contribution in [2.24, 2.45) is 17.8 Å². The molecule has 0 radical (unpaired) electrons. The zero-order valence-electron chi connectivity index (χ0n) is 13.2. The summed E-state index contributed by atoms with van der Waals surface area (Å²) in [7, 11) is 2.15. The molecule has 1 aliphatic rings. The molecule has 0 aromatic heterocycles. The number of alkyl halides is 1. The summed E-state index contributed by atoms with van der Waals surface area (Å²) >= 11 is 5.71. The predicted octanol–water partition coefficient (Wildman–Crippen LogP) is 4.02. The molecule has 2 nitrogen and oxygen atoms in total. The van der Waals surface area contributed by atoms with E-state index in [1.54, 1.807) is 0 Å². The lowest BCUT2D eigenvalue weighted by atomic mass is 9.75. The molecule has 1 aliphatic carbocycles. The van der Waals surface area contributed by atoms with E-state index in [9.17, 15) is 0 Å². The molecule has 0 bridgehead atoms.